The summed E-state index contributed by atoms with van der Waals surface area (Å²) in [6.07, 6.45) is 0.0983. The van der Waals surface area contributed by atoms with Crippen LogP contribution in [0.15, 0.2) is 36.4 Å². The van der Waals surface area contributed by atoms with Gasteiger partial charge < -0.3 is 24.8 Å². The number of rotatable bonds is 4. The van der Waals surface area contributed by atoms with Crippen molar-refractivity contribution in [3.8, 4) is 23.0 Å². The van der Waals surface area contributed by atoms with E-state index in [1.165, 1.54) is 18.2 Å². The van der Waals surface area contributed by atoms with Crippen LogP contribution in [0.25, 0.3) is 0 Å². The van der Waals surface area contributed by atoms with Gasteiger partial charge in [0, 0.05) is 6.07 Å². The molecule has 1 atom stereocenters. The van der Waals surface area contributed by atoms with Gasteiger partial charge >= 0.3 is 5.97 Å². The van der Waals surface area contributed by atoms with Gasteiger partial charge in [-0.05, 0) is 35.7 Å². The predicted molar refractivity (Wildman–Crippen MR) is 81.3 cm³/mol. The number of fused-ring (bicyclic) bond motifs is 1. The number of carbonyl (C=O) groups is 1. The van der Waals surface area contributed by atoms with Gasteiger partial charge in [-0.25, -0.2) is 0 Å². The summed E-state index contributed by atoms with van der Waals surface area (Å²) in [4.78, 5) is 11.6. The molecule has 3 rings (SSSR count). The summed E-state index contributed by atoms with van der Waals surface area (Å²) in [6, 6.07) is 9.15. The molecule has 0 amide bonds. The van der Waals surface area contributed by atoms with E-state index in [4.69, 9.17) is 9.47 Å². The van der Waals surface area contributed by atoms with E-state index in [0.29, 0.717) is 35.8 Å². The van der Waals surface area contributed by atoms with Crippen molar-refractivity contribution >= 4 is 5.97 Å². The number of carboxylic acid groups (broad SMARTS) is 1. The number of aliphatic carboxylic acids is 1. The minimum Gasteiger partial charge on any atom is -0.508 e. The van der Waals surface area contributed by atoms with E-state index in [1.54, 1.807) is 18.2 Å². The van der Waals surface area contributed by atoms with Crippen LogP contribution in [-0.4, -0.2) is 34.5 Å². The van der Waals surface area contributed by atoms with E-state index in [2.05, 4.69) is 0 Å². The minimum absolute atomic E-state index is 0.0718. The van der Waals surface area contributed by atoms with Crippen molar-refractivity contribution in [2.45, 2.75) is 12.3 Å². The van der Waals surface area contributed by atoms with Crippen LogP contribution < -0.4 is 9.47 Å². The Kier molecular flexibility index (Phi) is 3.97. The van der Waals surface area contributed by atoms with E-state index in [0.717, 1.165) is 0 Å². The third-order valence-corrected chi connectivity index (χ3v) is 3.76. The molecule has 1 aliphatic heterocycles. The fraction of sp³-hybridized carbons (Fsp3) is 0.235. The molecule has 0 spiro atoms. The number of aromatic hydroxyl groups is 2. The molecule has 6 heteroatoms. The first kappa shape index (κ1) is 15.0. The quantitative estimate of drug-likeness (QED) is 0.801. The fourth-order valence-corrected chi connectivity index (χ4v) is 2.57. The topological polar surface area (TPSA) is 96.2 Å². The van der Waals surface area contributed by atoms with Crippen molar-refractivity contribution in [2.24, 2.45) is 0 Å². The van der Waals surface area contributed by atoms with Gasteiger partial charge in [-0.2, -0.15) is 0 Å². The van der Waals surface area contributed by atoms with Gasteiger partial charge in [0.15, 0.2) is 11.5 Å². The summed E-state index contributed by atoms with van der Waals surface area (Å²) < 4.78 is 10.9. The lowest BCUT2D eigenvalue weighted by atomic mass is 9.91. The maximum Gasteiger partial charge on any atom is 0.311 e. The molecular formula is C17H16O6. The summed E-state index contributed by atoms with van der Waals surface area (Å²) in [5.41, 5.74) is 1.01. The van der Waals surface area contributed by atoms with Gasteiger partial charge in [-0.15, -0.1) is 0 Å². The van der Waals surface area contributed by atoms with Crippen LogP contribution >= 0.6 is 0 Å². The Hall–Kier alpha value is -2.89. The number of carboxylic acids is 1. The predicted octanol–water partition coefficient (Wildman–Crippen LogP) is 2.28. The molecule has 0 aliphatic carbocycles. The lowest BCUT2D eigenvalue weighted by Gasteiger charge is -2.21. The summed E-state index contributed by atoms with van der Waals surface area (Å²) in [6.45, 7) is 0.892. The monoisotopic (exact) mass is 316 g/mol. The Balaban J connectivity index is 1.91. The van der Waals surface area contributed by atoms with Gasteiger partial charge in [-0.3, -0.25) is 4.79 Å². The van der Waals surface area contributed by atoms with Crippen molar-refractivity contribution < 1.29 is 29.6 Å². The van der Waals surface area contributed by atoms with E-state index in [9.17, 15) is 20.1 Å². The number of phenols is 2. The van der Waals surface area contributed by atoms with Crippen molar-refractivity contribution in [1.82, 2.24) is 0 Å². The smallest absolute Gasteiger partial charge is 0.311 e. The van der Waals surface area contributed by atoms with Gasteiger partial charge in [0.05, 0.1) is 5.92 Å². The minimum atomic E-state index is -1.01. The highest BCUT2D eigenvalue weighted by Crippen LogP contribution is 2.35. The molecule has 0 fully saturated rings. The number of hydrogen-bond acceptors (Lipinski definition) is 5. The van der Waals surface area contributed by atoms with Crippen LogP contribution in [0.5, 0.6) is 23.0 Å². The number of ether oxygens (including phenoxy) is 2. The molecule has 0 radical (unpaired) electrons. The molecule has 6 nitrogen and oxygen atoms in total. The van der Waals surface area contributed by atoms with Crippen LogP contribution in [0, 0.1) is 0 Å². The van der Waals surface area contributed by atoms with E-state index >= 15 is 0 Å². The third-order valence-electron chi connectivity index (χ3n) is 3.76. The molecular weight excluding hydrogens is 300 g/mol. The molecule has 23 heavy (non-hydrogen) atoms. The maximum atomic E-state index is 11.6. The standard InChI is InChI=1S/C17H16O6/c18-12-3-1-11(14(19)9-12)7-13(17(20)21)10-2-4-15-16(8-10)23-6-5-22-15/h1-4,8-9,13,18-19H,5-7H2,(H,20,21). The normalized spacial score (nSPS) is 14.3. The molecule has 0 saturated carbocycles. The molecule has 0 bridgehead atoms. The zero-order chi connectivity index (χ0) is 16.4. The molecule has 0 aromatic heterocycles. The van der Waals surface area contributed by atoms with Crippen LogP contribution in [0.1, 0.15) is 17.0 Å². The third kappa shape index (κ3) is 3.15. The van der Waals surface area contributed by atoms with Crippen LogP contribution in [-0.2, 0) is 11.2 Å². The Morgan fingerprint density at radius 2 is 1.78 bits per heavy atom. The van der Waals surface area contributed by atoms with Crippen LogP contribution in [0.2, 0.25) is 0 Å². The van der Waals surface area contributed by atoms with Crippen molar-refractivity contribution in [2.75, 3.05) is 13.2 Å². The Morgan fingerprint density at radius 1 is 1.04 bits per heavy atom. The highest BCUT2D eigenvalue weighted by Gasteiger charge is 2.24. The summed E-state index contributed by atoms with van der Waals surface area (Å²) in [5, 5.41) is 28.7. The Bertz CT molecular complexity index is 740. The molecule has 2 aromatic carbocycles. The second-order valence-electron chi connectivity index (χ2n) is 5.31. The van der Waals surface area contributed by atoms with Gasteiger partial charge in [0.1, 0.15) is 24.7 Å². The zero-order valence-electron chi connectivity index (χ0n) is 12.2. The van der Waals surface area contributed by atoms with Gasteiger partial charge in [-0.1, -0.05) is 12.1 Å². The van der Waals surface area contributed by atoms with Gasteiger partial charge in [0.25, 0.3) is 0 Å². The summed E-state index contributed by atoms with van der Waals surface area (Å²) in [7, 11) is 0. The highest BCUT2D eigenvalue weighted by atomic mass is 16.6. The highest BCUT2D eigenvalue weighted by molar-refractivity contribution is 5.77. The summed E-state index contributed by atoms with van der Waals surface area (Å²) in [5.74, 6) is -0.937. The second-order valence-corrected chi connectivity index (χ2v) is 5.31. The van der Waals surface area contributed by atoms with Gasteiger partial charge in [0.2, 0.25) is 0 Å². The van der Waals surface area contributed by atoms with Crippen LogP contribution in [0.4, 0.5) is 0 Å². The lowest BCUT2D eigenvalue weighted by molar-refractivity contribution is -0.138. The van der Waals surface area contributed by atoms with Crippen molar-refractivity contribution in [3.63, 3.8) is 0 Å². The molecule has 1 aliphatic rings. The fourth-order valence-electron chi connectivity index (χ4n) is 2.57. The maximum absolute atomic E-state index is 11.6. The molecule has 1 unspecified atom stereocenters. The van der Waals surface area contributed by atoms with Crippen LogP contribution in [0.3, 0.4) is 0 Å². The Labute approximate surface area is 132 Å². The van der Waals surface area contributed by atoms with E-state index in [-0.39, 0.29) is 17.9 Å². The first-order valence-electron chi connectivity index (χ1n) is 7.18. The molecule has 1 heterocycles. The van der Waals surface area contributed by atoms with Crippen molar-refractivity contribution in [3.05, 3.63) is 47.5 Å². The average molecular weight is 316 g/mol. The van der Waals surface area contributed by atoms with E-state index in [1.807, 2.05) is 0 Å². The van der Waals surface area contributed by atoms with Crippen molar-refractivity contribution in [1.29, 1.82) is 0 Å². The number of hydrogen-bond donors (Lipinski definition) is 3. The summed E-state index contributed by atoms with van der Waals surface area (Å²) >= 11 is 0. The molecule has 0 saturated heterocycles. The average Bonchev–Trinajstić information content (AvgIpc) is 2.53. The first-order chi connectivity index (χ1) is 11.0. The molecule has 120 valence electrons. The molecule has 2 aromatic rings. The largest absolute Gasteiger partial charge is 0.508 e. The SMILES string of the molecule is O=C(O)C(Cc1ccc(O)cc1O)c1ccc2c(c1)OCCO2. The Morgan fingerprint density at radius 3 is 2.48 bits per heavy atom. The number of phenolic OH excluding ortho intramolecular Hbond substituents is 2. The lowest BCUT2D eigenvalue weighted by Crippen LogP contribution is -2.18. The number of benzene rings is 2. The molecule has 3 N–H and O–H groups in total. The second kappa shape index (κ2) is 6.08. The van der Waals surface area contributed by atoms with E-state index < -0.39 is 11.9 Å². The zero-order valence-corrected chi connectivity index (χ0v) is 12.2. The first-order valence-corrected chi connectivity index (χ1v) is 7.18.